The smallest absolute Gasteiger partial charge is 0.160 e. The van der Waals surface area contributed by atoms with Crippen molar-refractivity contribution >= 4 is 23.2 Å². The molecule has 0 N–H and O–H groups in total. The standard InChI is InChI=1S/C10H14Cl2N2O/c1-7(6-14(2)3)15-10-8(11)4-13-5-9(10)12/h4-5,7H,6H2,1-3H3. The van der Waals surface area contributed by atoms with E-state index in [0.717, 1.165) is 6.54 Å². The summed E-state index contributed by atoms with van der Waals surface area (Å²) in [6.45, 7) is 2.77. The summed E-state index contributed by atoms with van der Waals surface area (Å²) < 4.78 is 5.64. The predicted molar refractivity (Wildman–Crippen MR) is 62.9 cm³/mol. The Bertz CT molecular complexity index is 311. The number of hydrogen-bond donors (Lipinski definition) is 0. The highest BCUT2D eigenvalue weighted by Crippen LogP contribution is 2.31. The Morgan fingerprint density at radius 2 is 1.87 bits per heavy atom. The van der Waals surface area contributed by atoms with Crippen LogP contribution in [0.1, 0.15) is 6.92 Å². The molecule has 1 unspecified atom stereocenters. The van der Waals surface area contributed by atoms with Gasteiger partial charge in [-0.3, -0.25) is 4.98 Å². The molecule has 0 amide bonds. The highest BCUT2D eigenvalue weighted by Gasteiger charge is 2.12. The van der Waals surface area contributed by atoms with Crippen molar-refractivity contribution in [3.8, 4) is 5.75 Å². The second kappa shape index (κ2) is 5.54. The van der Waals surface area contributed by atoms with E-state index in [1.807, 2.05) is 25.9 Å². The minimum absolute atomic E-state index is 0.0254. The van der Waals surface area contributed by atoms with Crippen molar-refractivity contribution in [3.05, 3.63) is 22.4 Å². The molecule has 0 bridgehead atoms. The number of aromatic nitrogens is 1. The SMILES string of the molecule is CC(CN(C)C)Oc1c(Cl)cncc1Cl. The maximum Gasteiger partial charge on any atom is 0.160 e. The van der Waals surface area contributed by atoms with E-state index >= 15 is 0 Å². The molecule has 0 saturated carbocycles. The molecule has 1 aromatic heterocycles. The largest absolute Gasteiger partial charge is 0.486 e. The molecule has 0 aliphatic heterocycles. The molecule has 0 aromatic carbocycles. The molecule has 5 heteroatoms. The van der Waals surface area contributed by atoms with E-state index in [9.17, 15) is 0 Å². The van der Waals surface area contributed by atoms with Crippen LogP contribution in [0, 0.1) is 0 Å². The highest BCUT2D eigenvalue weighted by atomic mass is 35.5. The fourth-order valence-electron chi connectivity index (χ4n) is 1.26. The zero-order chi connectivity index (χ0) is 11.4. The molecule has 1 rings (SSSR count). The topological polar surface area (TPSA) is 25.4 Å². The van der Waals surface area contributed by atoms with Crippen molar-refractivity contribution in [3.63, 3.8) is 0 Å². The van der Waals surface area contributed by atoms with Crippen LogP contribution in [0.25, 0.3) is 0 Å². The van der Waals surface area contributed by atoms with Crippen LogP contribution in [-0.2, 0) is 0 Å². The highest BCUT2D eigenvalue weighted by molar-refractivity contribution is 6.36. The maximum absolute atomic E-state index is 5.92. The van der Waals surface area contributed by atoms with Gasteiger partial charge in [0.25, 0.3) is 0 Å². The fourth-order valence-corrected chi connectivity index (χ4v) is 1.72. The Hall–Kier alpha value is -0.510. The minimum atomic E-state index is 0.0254. The Kier molecular flexibility index (Phi) is 4.64. The summed E-state index contributed by atoms with van der Waals surface area (Å²) in [6.07, 6.45) is 3.06. The molecule has 15 heavy (non-hydrogen) atoms. The third kappa shape index (κ3) is 3.86. The van der Waals surface area contributed by atoms with Gasteiger partial charge in [-0.05, 0) is 21.0 Å². The number of rotatable bonds is 4. The van der Waals surface area contributed by atoms with Crippen molar-refractivity contribution in [2.75, 3.05) is 20.6 Å². The lowest BCUT2D eigenvalue weighted by molar-refractivity contribution is 0.177. The Morgan fingerprint density at radius 3 is 2.33 bits per heavy atom. The van der Waals surface area contributed by atoms with Crippen LogP contribution in [0.5, 0.6) is 5.75 Å². The van der Waals surface area contributed by atoms with E-state index in [-0.39, 0.29) is 6.10 Å². The minimum Gasteiger partial charge on any atom is -0.486 e. The average Bonchev–Trinajstić information content (AvgIpc) is 2.10. The molecule has 1 atom stereocenters. The second-order valence-corrected chi connectivity index (χ2v) is 4.44. The summed E-state index contributed by atoms with van der Waals surface area (Å²) in [5.74, 6) is 0.502. The lowest BCUT2D eigenvalue weighted by Gasteiger charge is -2.19. The normalized spacial score (nSPS) is 12.9. The number of pyridine rings is 1. The monoisotopic (exact) mass is 248 g/mol. The van der Waals surface area contributed by atoms with Gasteiger partial charge in [0.15, 0.2) is 5.75 Å². The van der Waals surface area contributed by atoms with Crippen molar-refractivity contribution in [1.29, 1.82) is 0 Å². The van der Waals surface area contributed by atoms with E-state index in [1.54, 1.807) is 0 Å². The second-order valence-electron chi connectivity index (χ2n) is 3.62. The van der Waals surface area contributed by atoms with Gasteiger partial charge in [0.05, 0.1) is 0 Å². The van der Waals surface area contributed by atoms with Crippen LogP contribution in [-0.4, -0.2) is 36.6 Å². The molecular formula is C10H14Cl2N2O. The molecule has 0 aliphatic rings. The van der Waals surface area contributed by atoms with Gasteiger partial charge in [-0.25, -0.2) is 0 Å². The van der Waals surface area contributed by atoms with Crippen molar-refractivity contribution in [2.24, 2.45) is 0 Å². The summed E-state index contributed by atoms with van der Waals surface area (Å²) in [5, 5.41) is 0.876. The first-order valence-electron chi connectivity index (χ1n) is 4.61. The van der Waals surface area contributed by atoms with Crippen LogP contribution in [0.3, 0.4) is 0 Å². The third-order valence-corrected chi connectivity index (χ3v) is 2.29. The molecule has 0 saturated heterocycles. The van der Waals surface area contributed by atoms with Crippen LogP contribution >= 0.6 is 23.2 Å². The Labute approximate surface area is 100.0 Å². The quantitative estimate of drug-likeness (QED) is 0.820. The molecule has 0 spiro atoms. The molecule has 1 aromatic rings. The van der Waals surface area contributed by atoms with Crippen LogP contribution in [0.4, 0.5) is 0 Å². The van der Waals surface area contributed by atoms with Gasteiger partial charge in [-0.2, -0.15) is 0 Å². The van der Waals surface area contributed by atoms with E-state index in [0.29, 0.717) is 15.8 Å². The van der Waals surface area contributed by atoms with Crippen LogP contribution < -0.4 is 4.74 Å². The molecule has 84 valence electrons. The molecule has 0 radical (unpaired) electrons. The molecule has 0 aliphatic carbocycles. The van der Waals surface area contributed by atoms with Gasteiger partial charge in [0.1, 0.15) is 16.1 Å². The lowest BCUT2D eigenvalue weighted by atomic mass is 10.3. The van der Waals surface area contributed by atoms with E-state index in [2.05, 4.69) is 4.98 Å². The summed E-state index contributed by atoms with van der Waals surface area (Å²) in [7, 11) is 3.96. The molecule has 3 nitrogen and oxygen atoms in total. The van der Waals surface area contributed by atoms with Crippen molar-refractivity contribution in [1.82, 2.24) is 9.88 Å². The average molecular weight is 249 g/mol. The zero-order valence-electron chi connectivity index (χ0n) is 9.00. The first-order chi connectivity index (χ1) is 7.00. The van der Waals surface area contributed by atoms with E-state index in [1.165, 1.54) is 12.4 Å². The fraction of sp³-hybridized carbons (Fsp3) is 0.500. The van der Waals surface area contributed by atoms with Gasteiger partial charge in [-0.1, -0.05) is 23.2 Å². The summed E-state index contributed by atoms with van der Waals surface area (Å²) >= 11 is 11.8. The number of halogens is 2. The molecule has 0 fully saturated rings. The number of ether oxygens (including phenoxy) is 1. The zero-order valence-corrected chi connectivity index (χ0v) is 10.5. The maximum atomic E-state index is 5.92. The third-order valence-electron chi connectivity index (χ3n) is 1.75. The van der Waals surface area contributed by atoms with Gasteiger partial charge in [0.2, 0.25) is 0 Å². The summed E-state index contributed by atoms with van der Waals surface area (Å²) in [6, 6.07) is 0. The van der Waals surface area contributed by atoms with Gasteiger partial charge in [0, 0.05) is 18.9 Å². The lowest BCUT2D eigenvalue weighted by Crippen LogP contribution is -2.28. The van der Waals surface area contributed by atoms with E-state index in [4.69, 9.17) is 27.9 Å². The van der Waals surface area contributed by atoms with Gasteiger partial charge < -0.3 is 9.64 Å². The van der Waals surface area contributed by atoms with Crippen LogP contribution in [0.15, 0.2) is 12.4 Å². The molecular weight excluding hydrogens is 235 g/mol. The van der Waals surface area contributed by atoms with Crippen LogP contribution in [0.2, 0.25) is 10.0 Å². The van der Waals surface area contributed by atoms with Gasteiger partial charge in [-0.15, -0.1) is 0 Å². The summed E-state index contributed by atoms with van der Waals surface area (Å²) in [5.41, 5.74) is 0. The van der Waals surface area contributed by atoms with Crippen molar-refractivity contribution in [2.45, 2.75) is 13.0 Å². The van der Waals surface area contributed by atoms with Gasteiger partial charge >= 0.3 is 0 Å². The Balaban J connectivity index is 2.71. The Morgan fingerprint density at radius 1 is 1.33 bits per heavy atom. The van der Waals surface area contributed by atoms with Crippen molar-refractivity contribution < 1.29 is 4.74 Å². The van der Waals surface area contributed by atoms with E-state index < -0.39 is 0 Å². The number of hydrogen-bond acceptors (Lipinski definition) is 3. The number of nitrogens with zero attached hydrogens (tertiary/aromatic N) is 2. The summed E-state index contributed by atoms with van der Waals surface area (Å²) in [4.78, 5) is 5.89. The molecule has 1 heterocycles. The number of likely N-dealkylation sites (N-methyl/N-ethyl adjacent to an activating group) is 1. The predicted octanol–water partition coefficient (Wildman–Crippen LogP) is 2.72. The first-order valence-corrected chi connectivity index (χ1v) is 5.36. The first kappa shape index (κ1) is 12.6.